The molecule has 0 bridgehead atoms. The molecule has 26 heavy (non-hydrogen) atoms. The third kappa shape index (κ3) is 4.05. The minimum Gasteiger partial charge on any atom is -0.493 e. The lowest BCUT2D eigenvalue weighted by Crippen LogP contribution is -2.28. The highest BCUT2D eigenvalue weighted by Crippen LogP contribution is 2.30. The summed E-state index contributed by atoms with van der Waals surface area (Å²) < 4.78 is 10.6. The summed E-state index contributed by atoms with van der Waals surface area (Å²) in [6, 6.07) is 11.4. The highest BCUT2D eigenvalue weighted by molar-refractivity contribution is 5.97. The first kappa shape index (κ1) is 19.9. The van der Waals surface area contributed by atoms with Gasteiger partial charge in [-0.1, -0.05) is 12.1 Å². The molecular weight excluding hydrogens is 352 g/mol. The maximum absolute atomic E-state index is 12.8. The number of methoxy groups -OCH3 is 2. The van der Waals surface area contributed by atoms with E-state index in [2.05, 4.69) is 10.6 Å². The Bertz CT molecular complexity index is 780. The third-order valence-electron chi connectivity index (χ3n) is 4.59. The number of hydrogen-bond acceptors (Lipinski definition) is 4. The predicted octanol–water partition coefficient (Wildman–Crippen LogP) is 3.97. The lowest BCUT2D eigenvalue weighted by molar-refractivity contribution is 0.0939. The van der Waals surface area contributed by atoms with Crippen LogP contribution in [-0.2, 0) is 6.42 Å². The molecule has 2 aromatic rings. The molecule has 1 aliphatic rings. The molecule has 140 valence electrons. The summed E-state index contributed by atoms with van der Waals surface area (Å²) in [6.07, 6.45) is 1.97. The zero-order chi connectivity index (χ0) is 17.8. The average molecular weight is 377 g/mol. The number of carbonyl (C=O) groups excluding carboxylic acids is 1. The van der Waals surface area contributed by atoms with E-state index in [9.17, 15) is 4.79 Å². The van der Waals surface area contributed by atoms with E-state index in [1.54, 1.807) is 14.2 Å². The molecule has 5 nitrogen and oxygen atoms in total. The first-order chi connectivity index (χ1) is 12.1. The van der Waals surface area contributed by atoms with Gasteiger partial charge in [-0.2, -0.15) is 0 Å². The second kappa shape index (κ2) is 8.81. The van der Waals surface area contributed by atoms with Crippen molar-refractivity contribution in [3.63, 3.8) is 0 Å². The molecule has 0 radical (unpaired) electrons. The van der Waals surface area contributed by atoms with Crippen molar-refractivity contribution in [2.45, 2.75) is 25.8 Å². The van der Waals surface area contributed by atoms with Crippen molar-refractivity contribution in [2.75, 3.05) is 26.1 Å². The van der Waals surface area contributed by atoms with Crippen molar-refractivity contribution in [1.82, 2.24) is 5.32 Å². The Kier molecular flexibility index (Phi) is 6.75. The van der Waals surface area contributed by atoms with E-state index in [0.29, 0.717) is 11.5 Å². The van der Waals surface area contributed by atoms with E-state index in [1.807, 2.05) is 43.3 Å². The second-order valence-electron chi connectivity index (χ2n) is 6.17. The van der Waals surface area contributed by atoms with E-state index < -0.39 is 0 Å². The zero-order valence-corrected chi connectivity index (χ0v) is 16.1. The van der Waals surface area contributed by atoms with Crippen LogP contribution < -0.4 is 20.1 Å². The van der Waals surface area contributed by atoms with Crippen LogP contribution in [0, 0.1) is 0 Å². The number of rotatable bonds is 5. The third-order valence-corrected chi connectivity index (χ3v) is 4.59. The highest BCUT2D eigenvalue weighted by Gasteiger charge is 2.19. The summed E-state index contributed by atoms with van der Waals surface area (Å²) in [5, 5.41) is 6.45. The van der Waals surface area contributed by atoms with Gasteiger partial charge in [-0.25, -0.2) is 0 Å². The summed E-state index contributed by atoms with van der Waals surface area (Å²) in [7, 11) is 3.21. The number of amides is 1. The maximum Gasteiger partial charge on any atom is 0.252 e. The molecule has 0 saturated carbocycles. The van der Waals surface area contributed by atoms with Crippen LogP contribution in [0.5, 0.6) is 11.5 Å². The standard InChI is InChI=1S/C20H24N2O3.ClH/c1-13(14-9-10-18(24-2)19(12-14)25-3)22-20(23)16-6-4-8-17-15(16)7-5-11-21-17;/h4,6,8-10,12-13,21H,5,7,11H2,1-3H3,(H,22,23);1H. The number of carbonyl (C=O) groups is 1. The fraction of sp³-hybridized carbons (Fsp3) is 0.350. The molecule has 1 aliphatic heterocycles. The quantitative estimate of drug-likeness (QED) is 0.828. The van der Waals surface area contributed by atoms with Crippen LogP contribution in [0.2, 0.25) is 0 Å². The Morgan fingerprint density at radius 1 is 1.15 bits per heavy atom. The van der Waals surface area contributed by atoms with Gasteiger partial charge in [-0.15, -0.1) is 12.4 Å². The average Bonchev–Trinajstić information content (AvgIpc) is 2.66. The summed E-state index contributed by atoms with van der Waals surface area (Å²) >= 11 is 0. The molecule has 0 spiro atoms. The molecule has 0 aromatic heterocycles. The van der Waals surface area contributed by atoms with Gasteiger partial charge < -0.3 is 20.1 Å². The predicted molar refractivity (Wildman–Crippen MR) is 106 cm³/mol. The fourth-order valence-corrected chi connectivity index (χ4v) is 3.20. The van der Waals surface area contributed by atoms with Gasteiger partial charge in [0.15, 0.2) is 11.5 Å². The van der Waals surface area contributed by atoms with Crippen LogP contribution in [0.4, 0.5) is 5.69 Å². The molecule has 3 rings (SSSR count). The molecule has 1 atom stereocenters. The van der Waals surface area contributed by atoms with Gasteiger partial charge in [0.1, 0.15) is 0 Å². The Morgan fingerprint density at radius 3 is 2.65 bits per heavy atom. The molecular formula is C20H25ClN2O3. The van der Waals surface area contributed by atoms with Crippen LogP contribution in [0.1, 0.15) is 40.9 Å². The monoisotopic (exact) mass is 376 g/mol. The lowest BCUT2D eigenvalue weighted by atomic mass is 9.96. The lowest BCUT2D eigenvalue weighted by Gasteiger charge is -2.22. The van der Waals surface area contributed by atoms with Crippen molar-refractivity contribution in [1.29, 1.82) is 0 Å². The number of anilines is 1. The van der Waals surface area contributed by atoms with Gasteiger partial charge >= 0.3 is 0 Å². The molecule has 1 amide bonds. The Labute approximate surface area is 160 Å². The van der Waals surface area contributed by atoms with Gasteiger partial charge in [0, 0.05) is 17.8 Å². The van der Waals surface area contributed by atoms with E-state index in [-0.39, 0.29) is 24.4 Å². The normalized spacial score (nSPS) is 13.5. The Balaban J connectivity index is 0.00000243. The Hall–Kier alpha value is -2.40. The van der Waals surface area contributed by atoms with Gasteiger partial charge in [-0.05, 0) is 55.2 Å². The van der Waals surface area contributed by atoms with Gasteiger partial charge in [-0.3, -0.25) is 4.79 Å². The molecule has 2 aromatic carbocycles. The molecule has 2 N–H and O–H groups in total. The van der Waals surface area contributed by atoms with Crippen LogP contribution in [-0.4, -0.2) is 26.7 Å². The van der Waals surface area contributed by atoms with Crippen molar-refractivity contribution >= 4 is 24.0 Å². The summed E-state index contributed by atoms with van der Waals surface area (Å²) in [6.45, 7) is 2.92. The van der Waals surface area contributed by atoms with E-state index in [1.165, 1.54) is 0 Å². The largest absolute Gasteiger partial charge is 0.493 e. The summed E-state index contributed by atoms with van der Waals surface area (Å²) in [5.74, 6) is 1.28. The minimum absolute atomic E-state index is 0. The van der Waals surface area contributed by atoms with E-state index in [4.69, 9.17) is 9.47 Å². The molecule has 1 unspecified atom stereocenters. The topological polar surface area (TPSA) is 59.6 Å². The van der Waals surface area contributed by atoms with Crippen molar-refractivity contribution in [2.24, 2.45) is 0 Å². The molecule has 0 aliphatic carbocycles. The number of nitrogens with one attached hydrogen (secondary N) is 2. The van der Waals surface area contributed by atoms with Crippen LogP contribution in [0.25, 0.3) is 0 Å². The van der Waals surface area contributed by atoms with Gasteiger partial charge in [0.05, 0.1) is 20.3 Å². The minimum atomic E-state index is -0.139. The first-order valence-electron chi connectivity index (χ1n) is 8.52. The Morgan fingerprint density at radius 2 is 1.92 bits per heavy atom. The van der Waals surface area contributed by atoms with Crippen molar-refractivity contribution in [3.8, 4) is 11.5 Å². The number of benzene rings is 2. The van der Waals surface area contributed by atoms with Gasteiger partial charge in [0.25, 0.3) is 5.91 Å². The highest BCUT2D eigenvalue weighted by atomic mass is 35.5. The number of ether oxygens (including phenoxy) is 2. The molecule has 0 saturated heterocycles. The number of fused-ring (bicyclic) bond motifs is 1. The number of hydrogen-bond donors (Lipinski definition) is 2. The van der Waals surface area contributed by atoms with Crippen LogP contribution in [0.15, 0.2) is 36.4 Å². The fourth-order valence-electron chi connectivity index (χ4n) is 3.20. The smallest absolute Gasteiger partial charge is 0.252 e. The van der Waals surface area contributed by atoms with E-state index in [0.717, 1.165) is 41.8 Å². The second-order valence-corrected chi connectivity index (χ2v) is 6.17. The van der Waals surface area contributed by atoms with E-state index >= 15 is 0 Å². The van der Waals surface area contributed by atoms with Crippen LogP contribution >= 0.6 is 12.4 Å². The molecule has 1 heterocycles. The SMILES string of the molecule is COc1ccc(C(C)NC(=O)c2cccc3c2CCCN3)cc1OC.Cl. The first-order valence-corrected chi connectivity index (χ1v) is 8.52. The molecule has 0 fully saturated rings. The molecule has 6 heteroatoms. The zero-order valence-electron chi connectivity index (χ0n) is 15.3. The number of halogens is 1. The van der Waals surface area contributed by atoms with Gasteiger partial charge in [0.2, 0.25) is 0 Å². The van der Waals surface area contributed by atoms with Crippen LogP contribution in [0.3, 0.4) is 0 Å². The van der Waals surface area contributed by atoms with Crippen molar-refractivity contribution in [3.05, 3.63) is 53.1 Å². The summed E-state index contributed by atoms with van der Waals surface area (Å²) in [4.78, 5) is 12.8. The van der Waals surface area contributed by atoms with Crippen molar-refractivity contribution < 1.29 is 14.3 Å². The summed E-state index contributed by atoms with van der Waals surface area (Å²) in [5.41, 5.74) is 3.88. The maximum atomic E-state index is 12.8.